The number of rotatable bonds is 5. The number of thiophene rings is 1. The number of aliphatic carboxylic acids is 1. The van der Waals surface area contributed by atoms with Gasteiger partial charge in [0.15, 0.2) is 0 Å². The second kappa shape index (κ2) is 6.33. The van der Waals surface area contributed by atoms with Crippen LogP contribution < -0.4 is 0 Å². The molecule has 2 amide bonds. The molecular weight excluding hydrogens is 360 g/mol. The van der Waals surface area contributed by atoms with Gasteiger partial charge in [-0.05, 0) is 28.9 Å². The van der Waals surface area contributed by atoms with Crippen molar-refractivity contribution in [1.82, 2.24) is 9.80 Å². The lowest BCUT2D eigenvalue weighted by Crippen LogP contribution is -2.65. The van der Waals surface area contributed by atoms with Crippen LogP contribution in [0.2, 0.25) is 0 Å². The topological polar surface area (TPSA) is 70.1 Å². The van der Waals surface area contributed by atoms with Gasteiger partial charge in [0.1, 0.15) is 12.2 Å². The third-order valence-corrected chi connectivity index (χ3v) is 4.89. The second-order valence-electron chi connectivity index (χ2n) is 5.36. The van der Waals surface area contributed by atoms with Gasteiger partial charge in [0, 0.05) is 21.8 Å². The lowest BCUT2D eigenvalue weighted by Gasteiger charge is -2.48. The van der Waals surface area contributed by atoms with Crippen molar-refractivity contribution in [3.8, 4) is 0 Å². The number of ether oxygens (including phenoxy) is 1. The van der Waals surface area contributed by atoms with Crippen LogP contribution in [0.15, 0.2) is 15.9 Å². The van der Waals surface area contributed by atoms with Crippen molar-refractivity contribution in [3.05, 3.63) is 20.8 Å². The van der Waals surface area contributed by atoms with Crippen molar-refractivity contribution in [1.29, 1.82) is 0 Å². The number of hydrogen-bond acceptors (Lipinski definition) is 4. The van der Waals surface area contributed by atoms with Gasteiger partial charge in [-0.1, -0.05) is 0 Å². The molecule has 1 aliphatic heterocycles. The molecule has 0 aromatic carbocycles. The first-order valence-electron chi connectivity index (χ1n) is 6.38. The molecular formula is C13H17BrN2O4S. The third-order valence-electron chi connectivity index (χ3n) is 3.21. The first kappa shape index (κ1) is 16.3. The van der Waals surface area contributed by atoms with Crippen LogP contribution in [0.3, 0.4) is 0 Å². The van der Waals surface area contributed by atoms with Crippen molar-refractivity contribution >= 4 is 39.3 Å². The molecule has 0 spiro atoms. The van der Waals surface area contributed by atoms with E-state index in [0.717, 1.165) is 9.35 Å². The summed E-state index contributed by atoms with van der Waals surface area (Å²) in [4.78, 5) is 27.1. The van der Waals surface area contributed by atoms with Gasteiger partial charge in [-0.15, -0.1) is 11.3 Å². The highest BCUT2D eigenvalue weighted by Crippen LogP contribution is 2.26. The minimum absolute atomic E-state index is 0.0732. The van der Waals surface area contributed by atoms with Gasteiger partial charge >= 0.3 is 12.0 Å². The van der Waals surface area contributed by atoms with E-state index in [1.165, 1.54) is 0 Å². The van der Waals surface area contributed by atoms with Gasteiger partial charge in [0.05, 0.1) is 19.6 Å². The van der Waals surface area contributed by atoms with Crippen molar-refractivity contribution in [2.75, 3.05) is 26.7 Å². The fourth-order valence-corrected chi connectivity index (χ4v) is 3.71. The molecule has 0 radical (unpaired) electrons. The van der Waals surface area contributed by atoms with E-state index in [1.54, 1.807) is 28.2 Å². The summed E-state index contributed by atoms with van der Waals surface area (Å²) in [6, 6.07) is 1.92. The predicted octanol–water partition coefficient (Wildman–Crippen LogP) is 2.24. The molecule has 0 atom stereocenters. The molecule has 6 nitrogen and oxygen atoms in total. The quantitative estimate of drug-likeness (QED) is 0.855. The zero-order valence-electron chi connectivity index (χ0n) is 11.8. The molecule has 1 fully saturated rings. The van der Waals surface area contributed by atoms with Gasteiger partial charge in [0.2, 0.25) is 0 Å². The van der Waals surface area contributed by atoms with Crippen LogP contribution in [0.25, 0.3) is 0 Å². The number of urea groups is 1. The van der Waals surface area contributed by atoms with E-state index < -0.39 is 11.6 Å². The summed E-state index contributed by atoms with van der Waals surface area (Å²) in [5.74, 6) is -0.999. The Bertz CT molecular complexity index is 542. The standard InChI is InChI=1S/C13H17BrN2O4S/c1-13(20-5-11(17)18)7-16(8-13)12(19)15(2)4-10-3-9(14)6-21-10/h3,6H,4-5,7-8H2,1-2H3,(H,17,18). The maximum absolute atomic E-state index is 12.2. The van der Waals surface area contributed by atoms with E-state index in [2.05, 4.69) is 15.9 Å². The Morgan fingerprint density at radius 2 is 2.24 bits per heavy atom. The Hall–Kier alpha value is -1.12. The molecule has 1 aromatic rings. The number of halogens is 1. The average molecular weight is 377 g/mol. The first-order valence-corrected chi connectivity index (χ1v) is 8.05. The number of carboxylic acids is 1. The van der Waals surface area contributed by atoms with Gasteiger partial charge in [0.25, 0.3) is 0 Å². The fourth-order valence-electron chi connectivity index (χ4n) is 2.20. The maximum atomic E-state index is 12.2. The van der Waals surface area contributed by atoms with Crippen LogP contribution in [0.1, 0.15) is 11.8 Å². The largest absolute Gasteiger partial charge is 0.480 e. The maximum Gasteiger partial charge on any atom is 0.329 e. The van der Waals surface area contributed by atoms with Crippen LogP contribution in [0, 0.1) is 0 Å². The molecule has 1 aliphatic rings. The predicted molar refractivity (Wildman–Crippen MR) is 82.4 cm³/mol. The van der Waals surface area contributed by atoms with Crippen LogP contribution in [0.5, 0.6) is 0 Å². The molecule has 2 heterocycles. The number of hydrogen-bond donors (Lipinski definition) is 1. The number of nitrogens with zero attached hydrogens (tertiary/aromatic N) is 2. The molecule has 1 aromatic heterocycles. The van der Waals surface area contributed by atoms with Crippen LogP contribution >= 0.6 is 27.3 Å². The Kier molecular flexibility index (Phi) is 4.90. The number of amides is 2. The summed E-state index contributed by atoms with van der Waals surface area (Å²) in [6.45, 7) is 2.86. The van der Waals surface area contributed by atoms with E-state index in [-0.39, 0.29) is 12.6 Å². The van der Waals surface area contributed by atoms with E-state index in [4.69, 9.17) is 9.84 Å². The van der Waals surface area contributed by atoms with E-state index in [9.17, 15) is 9.59 Å². The first-order chi connectivity index (χ1) is 9.79. The normalized spacial score (nSPS) is 16.4. The third kappa shape index (κ3) is 4.18. The molecule has 1 N–H and O–H groups in total. The van der Waals surface area contributed by atoms with Gasteiger partial charge < -0.3 is 19.6 Å². The Balaban J connectivity index is 1.81. The minimum Gasteiger partial charge on any atom is -0.480 e. The van der Waals surface area contributed by atoms with Crippen molar-refractivity contribution in [3.63, 3.8) is 0 Å². The lowest BCUT2D eigenvalue weighted by atomic mass is 9.97. The highest BCUT2D eigenvalue weighted by atomic mass is 79.9. The Morgan fingerprint density at radius 1 is 1.57 bits per heavy atom. The number of carboxylic acid groups (broad SMARTS) is 1. The zero-order chi connectivity index (χ0) is 15.6. The molecule has 116 valence electrons. The van der Waals surface area contributed by atoms with Crippen molar-refractivity contribution in [2.24, 2.45) is 0 Å². The van der Waals surface area contributed by atoms with E-state index >= 15 is 0 Å². The van der Waals surface area contributed by atoms with Gasteiger partial charge in [-0.2, -0.15) is 0 Å². The summed E-state index contributed by atoms with van der Waals surface area (Å²) in [5, 5.41) is 10.6. The number of likely N-dealkylation sites (tertiary alicyclic amines) is 1. The lowest BCUT2D eigenvalue weighted by molar-refractivity contribution is -0.160. The highest BCUT2D eigenvalue weighted by molar-refractivity contribution is 9.10. The highest BCUT2D eigenvalue weighted by Gasteiger charge is 2.43. The molecule has 8 heteroatoms. The Labute approximate surface area is 135 Å². The smallest absolute Gasteiger partial charge is 0.329 e. The fraction of sp³-hybridized carbons (Fsp3) is 0.538. The van der Waals surface area contributed by atoms with Crippen LogP contribution in [-0.2, 0) is 16.1 Å². The monoisotopic (exact) mass is 376 g/mol. The number of carbonyl (C=O) groups excluding carboxylic acids is 1. The molecule has 0 bridgehead atoms. The zero-order valence-corrected chi connectivity index (χ0v) is 14.2. The van der Waals surface area contributed by atoms with Crippen LogP contribution in [0.4, 0.5) is 4.79 Å². The van der Waals surface area contributed by atoms with E-state index in [0.29, 0.717) is 19.6 Å². The molecule has 1 saturated heterocycles. The molecule has 0 aliphatic carbocycles. The van der Waals surface area contributed by atoms with E-state index in [1.807, 2.05) is 18.4 Å². The summed E-state index contributed by atoms with van der Waals surface area (Å²) in [6.07, 6.45) is 0. The van der Waals surface area contributed by atoms with Crippen molar-refractivity contribution < 1.29 is 19.4 Å². The van der Waals surface area contributed by atoms with Gasteiger partial charge in [-0.25, -0.2) is 9.59 Å². The summed E-state index contributed by atoms with van der Waals surface area (Å²) < 4.78 is 6.31. The molecule has 21 heavy (non-hydrogen) atoms. The summed E-state index contributed by atoms with van der Waals surface area (Å²) in [5.41, 5.74) is -0.555. The number of carbonyl (C=O) groups is 2. The van der Waals surface area contributed by atoms with Crippen LogP contribution in [-0.4, -0.2) is 59.3 Å². The van der Waals surface area contributed by atoms with Gasteiger partial charge in [-0.3, -0.25) is 0 Å². The Morgan fingerprint density at radius 3 is 2.76 bits per heavy atom. The molecule has 0 unspecified atom stereocenters. The molecule has 0 saturated carbocycles. The SMILES string of the molecule is CN(Cc1cc(Br)cs1)C(=O)N1CC(C)(OCC(=O)O)C1. The average Bonchev–Trinajstić information content (AvgIpc) is 2.77. The minimum atomic E-state index is -0.999. The van der Waals surface area contributed by atoms with Crippen molar-refractivity contribution in [2.45, 2.75) is 19.1 Å². The second-order valence-corrected chi connectivity index (χ2v) is 7.27. The molecule has 2 rings (SSSR count). The summed E-state index contributed by atoms with van der Waals surface area (Å²) >= 11 is 4.98. The summed E-state index contributed by atoms with van der Waals surface area (Å²) in [7, 11) is 1.75.